The van der Waals surface area contributed by atoms with E-state index in [4.69, 9.17) is 4.42 Å². The quantitative estimate of drug-likeness (QED) is 0.587. The van der Waals surface area contributed by atoms with Crippen molar-refractivity contribution in [2.75, 3.05) is 18.6 Å². The van der Waals surface area contributed by atoms with E-state index >= 15 is 0 Å². The highest BCUT2D eigenvalue weighted by molar-refractivity contribution is 7.99. The van der Waals surface area contributed by atoms with Gasteiger partial charge in [-0.05, 0) is 43.9 Å². The normalized spacial score (nSPS) is 14.1. The number of methoxy groups -OCH3 is 1. The Morgan fingerprint density at radius 3 is 2.84 bits per heavy atom. The second kappa shape index (κ2) is 8.27. The minimum atomic E-state index is -0.439. The lowest BCUT2D eigenvalue weighted by molar-refractivity contribution is 0.0562. The van der Waals surface area contributed by atoms with E-state index in [1.165, 1.54) is 7.11 Å². The monoisotopic (exact) mass is 285 g/mol. The minimum Gasteiger partial charge on any atom is -0.463 e. The van der Waals surface area contributed by atoms with Crippen LogP contribution in [-0.4, -0.2) is 30.6 Å². The Balaban J connectivity index is 2.46. The van der Waals surface area contributed by atoms with Crippen molar-refractivity contribution in [1.29, 1.82) is 0 Å². The van der Waals surface area contributed by atoms with E-state index in [0.717, 1.165) is 23.7 Å². The number of hydrogen-bond acceptors (Lipinski definition) is 5. The highest BCUT2D eigenvalue weighted by Crippen LogP contribution is 2.18. The van der Waals surface area contributed by atoms with Gasteiger partial charge in [0.15, 0.2) is 0 Å². The lowest BCUT2D eigenvalue weighted by atomic mass is 10.2. The van der Waals surface area contributed by atoms with Gasteiger partial charge in [-0.3, -0.25) is 0 Å². The van der Waals surface area contributed by atoms with E-state index in [0.29, 0.717) is 6.04 Å². The Morgan fingerprint density at radius 1 is 1.47 bits per heavy atom. The topological polar surface area (TPSA) is 51.5 Å². The minimum absolute atomic E-state index is 0.0834. The third-order valence-electron chi connectivity index (χ3n) is 2.87. The molecule has 2 atom stereocenters. The van der Waals surface area contributed by atoms with Crippen LogP contribution in [0.15, 0.2) is 16.5 Å². The van der Waals surface area contributed by atoms with Crippen LogP contribution in [0.4, 0.5) is 0 Å². The molecule has 0 aliphatic heterocycles. The molecule has 1 heterocycles. The van der Waals surface area contributed by atoms with Crippen LogP contribution in [0.25, 0.3) is 0 Å². The van der Waals surface area contributed by atoms with E-state index in [2.05, 4.69) is 23.9 Å². The summed E-state index contributed by atoms with van der Waals surface area (Å²) in [7, 11) is 1.35. The summed E-state index contributed by atoms with van der Waals surface area (Å²) in [5.41, 5.74) is 0. The van der Waals surface area contributed by atoms with E-state index < -0.39 is 5.97 Å². The molecule has 19 heavy (non-hydrogen) atoms. The van der Waals surface area contributed by atoms with Crippen molar-refractivity contribution in [2.45, 2.75) is 39.3 Å². The van der Waals surface area contributed by atoms with Crippen LogP contribution >= 0.6 is 11.8 Å². The summed E-state index contributed by atoms with van der Waals surface area (Å²) in [5, 5.41) is 3.47. The van der Waals surface area contributed by atoms with Gasteiger partial charge in [-0.25, -0.2) is 4.79 Å². The summed E-state index contributed by atoms with van der Waals surface area (Å²) in [6, 6.07) is 3.97. The Bertz CT molecular complexity index is 392. The molecule has 0 aliphatic rings. The van der Waals surface area contributed by atoms with Crippen LogP contribution < -0.4 is 5.32 Å². The molecule has 0 aliphatic carbocycles. The van der Waals surface area contributed by atoms with Gasteiger partial charge in [-0.2, -0.15) is 11.8 Å². The summed E-state index contributed by atoms with van der Waals surface area (Å²) in [6.07, 6.45) is 1.12. The summed E-state index contributed by atoms with van der Waals surface area (Å²) >= 11 is 1.95. The van der Waals surface area contributed by atoms with E-state index in [9.17, 15) is 4.79 Å². The van der Waals surface area contributed by atoms with Crippen LogP contribution in [0.2, 0.25) is 0 Å². The highest BCUT2D eigenvalue weighted by Gasteiger charge is 2.16. The number of thioether (sulfide) groups is 1. The summed E-state index contributed by atoms with van der Waals surface area (Å²) in [6.45, 7) is 6.36. The van der Waals surface area contributed by atoms with E-state index in [1.807, 2.05) is 24.8 Å². The molecule has 4 nitrogen and oxygen atoms in total. The number of rotatable bonds is 8. The highest BCUT2D eigenvalue weighted by atomic mass is 32.2. The molecule has 0 bridgehead atoms. The number of furan rings is 1. The number of carbonyl (C=O) groups is 1. The Hall–Kier alpha value is -0.940. The predicted octanol–water partition coefficient (Wildman–Crippen LogP) is 3.25. The summed E-state index contributed by atoms with van der Waals surface area (Å²) in [4.78, 5) is 11.3. The SMILES string of the molecule is CCSCCC(C)NC(C)c1ccc(C(=O)OC)o1. The maximum absolute atomic E-state index is 11.3. The van der Waals surface area contributed by atoms with Crippen molar-refractivity contribution >= 4 is 17.7 Å². The zero-order valence-corrected chi connectivity index (χ0v) is 12.9. The Morgan fingerprint density at radius 2 is 2.21 bits per heavy atom. The number of esters is 1. The van der Waals surface area contributed by atoms with Crippen molar-refractivity contribution in [3.63, 3.8) is 0 Å². The molecular weight excluding hydrogens is 262 g/mol. The molecule has 0 saturated carbocycles. The van der Waals surface area contributed by atoms with Crippen molar-refractivity contribution in [3.05, 3.63) is 23.7 Å². The molecule has 2 unspecified atom stereocenters. The van der Waals surface area contributed by atoms with Crippen LogP contribution in [-0.2, 0) is 4.74 Å². The van der Waals surface area contributed by atoms with Crippen molar-refractivity contribution in [1.82, 2.24) is 5.32 Å². The largest absolute Gasteiger partial charge is 0.463 e. The summed E-state index contributed by atoms with van der Waals surface area (Å²) < 4.78 is 10.1. The smallest absolute Gasteiger partial charge is 0.373 e. The number of carbonyl (C=O) groups excluding carboxylic acids is 1. The van der Waals surface area contributed by atoms with Gasteiger partial charge >= 0.3 is 5.97 Å². The lowest BCUT2D eigenvalue weighted by Gasteiger charge is -2.18. The van der Waals surface area contributed by atoms with Crippen LogP contribution in [0, 0.1) is 0 Å². The van der Waals surface area contributed by atoms with Gasteiger partial charge in [0.2, 0.25) is 5.76 Å². The first-order chi connectivity index (χ1) is 9.08. The summed E-state index contributed by atoms with van der Waals surface area (Å²) in [5.74, 6) is 2.88. The van der Waals surface area contributed by atoms with Crippen LogP contribution in [0.5, 0.6) is 0 Å². The number of hydrogen-bond donors (Lipinski definition) is 1. The Labute approximate surface area is 119 Å². The zero-order chi connectivity index (χ0) is 14.3. The third kappa shape index (κ3) is 5.28. The molecule has 1 N–H and O–H groups in total. The number of nitrogens with one attached hydrogen (secondary N) is 1. The van der Waals surface area contributed by atoms with Gasteiger partial charge in [0.1, 0.15) is 5.76 Å². The first-order valence-corrected chi connectivity index (χ1v) is 7.75. The molecular formula is C14H23NO3S. The Kier molecular flexibility index (Phi) is 7.02. The fourth-order valence-corrected chi connectivity index (χ4v) is 2.60. The first kappa shape index (κ1) is 16.1. The number of ether oxygens (including phenoxy) is 1. The van der Waals surface area contributed by atoms with Gasteiger partial charge in [-0.15, -0.1) is 0 Å². The maximum atomic E-state index is 11.3. The molecule has 1 aromatic heterocycles. The van der Waals surface area contributed by atoms with Gasteiger partial charge in [0.25, 0.3) is 0 Å². The molecule has 108 valence electrons. The van der Waals surface area contributed by atoms with Crippen molar-refractivity contribution in [3.8, 4) is 0 Å². The molecule has 0 spiro atoms. The average molecular weight is 285 g/mol. The molecule has 0 fully saturated rings. The van der Waals surface area contributed by atoms with Gasteiger partial charge < -0.3 is 14.5 Å². The molecule has 1 rings (SSSR count). The first-order valence-electron chi connectivity index (χ1n) is 6.60. The predicted molar refractivity (Wildman–Crippen MR) is 78.7 cm³/mol. The average Bonchev–Trinajstić information content (AvgIpc) is 2.87. The van der Waals surface area contributed by atoms with Crippen molar-refractivity contribution in [2.24, 2.45) is 0 Å². The van der Waals surface area contributed by atoms with E-state index in [-0.39, 0.29) is 11.8 Å². The second-order valence-electron chi connectivity index (χ2n) is 4.47. The van der Waals surface area contributed by atoms with Crippen LogP contribution in [0.1, 0.15) is 49.5 Å². The molecule has 0 radical (unpaired) electrons. The van der Waals surface area contributed by atoms with Crippen molar-refractivity contribution < 1.29 is 13.9 Å². The van der Waals surface area contributed by atoms with Gasteiger partial charge in [0.05, 0.1) is 13.2 Å². The zero-order valence-electron chi connectivity index (χ0n) is 12.1. The fraction of sp³-hybridized carbons (Fsp3) is 0.643. The lowest BCUT2D eigenvalue weighted by Crippen LogP contribution is -2.29. The standard InChI is InChI=1S/C14H23NO3S/c1-5-19-9-8-10(2)15-11(3)12-6-7-13(18-12)14(16)17-4/h6-7,10-11,15H,5,8-9H2,1-4H3. The van der Waals surface area contributed by atoms with Crippen LogP contribution in [0.3, 0.4) is 0 Å². The van der Waals surface area contributed by atoms with Gasteiger partial charge in [-0.1, -0.05) is 6.92 Å². The molecule has 0 aromatic carbocycles. The molecule has 0 saturated heterocycles. The fourth-order valence-electron chi connectivity index (χ4n) is 1.79. The third-order valence-corrected chi connectivity index (χ3v) is 3.81. The second-order valence-corrected chi connectivity index (χ2v) is 5.86. The molecule has 1 aromatic rings. The molecule has 0 amide bonds. The molecule has 5 heteroatoms. The maximum Gasteiger partial charge on any atom is 0.373 e. The van der Waals surface area contributed by atoms with E-state index in [1.54, 1.807) is 6.07 Å². The van der Waals surface area contributed by atoms with Gasteiger partial charge in [0, 0.05) is 6.04 Å².